The van der Waals surface area contributed by atoms with Gasteiger partial charge in [0.05, 0.1) is 35.9 Å². The fourth-order valence-electron chi connectivity index (χ4n) is 2.38. The van der Waals surface area contributed by atoms with Crippen LogP contribution >= 0.6 is 0 Å². The summed E-state index contributed by atoms with van der Waals surface area (Å²) in [5.41, 5.74) is 9.91. The Kier molecular flexibility index (Phi) is 4.30. The minimum Gasteiger partial charge on any atom is -0.397 e. The van der Waals surface area contributed by atoms with E-state index in [0.29, 0.717) is 13.1 Å². The van der Waals surface area contributed by atoms with Crippen molar-refractivity contribution in [1.82, 2.24) is 9.97 Å². The summed E-state index contributed by atoms with van der Waals surface area (Å²) in [6.07, 6.45) is 3.62. The second kappa shape index (κ2) is 6.72. The minimum absolute atomic E-state index is 0.686. The van der Waals surface area contributed by atoms with E-state index < -0.39 is 0 Å². The van der Waals surface area contributed by atoms with Gasteiger partial charge in [0.1, 0.15) is 0 Å². The highest BCUT2D eigenvalue weighted by Gasteiger charge is 2.12. The van der Waals surface area contributed by atoms with Gasteiger partial charge in [0.15, 0.2) is 0 Å². The van der Waals surface area contributed by atoms with E-state index in [9.17, 15) is 0 Å². The van der Waals surface area contributed by atoms with Gasteiger partial charge >= 0.3 is 0 Å². The zero-order valence-electron chi connectivity index (χ0n) is 12.3. The number of nitrogens with two attached hydrogens (primary N) is 1. The van der Waals surface area contributed by atoms with Crippen molar-refractivity contribution in [3.05, 3.63) is 84.4 Å². The first kappa shape index (κ1) is 14.1. The molecule has 2 heterocycles. The summed E-state index contributed by atoms with van der Waals surface area (Å²) in [5.74, 6) is 0. The van der Waals surface area contributed by atoms with Crippen molar-refractivity contribution in [3.63, 3.8) is 0 Å². The highest BCUT2D eigenvalue weighted by atomic mass is 15.1. The fraction of sp³-hybridized carbons (Fsp3) is 0.111. The summed E-state index contributed by atoms with van der Waals surface area (Å²) in [4.78, 5) is 11.0. The lowest BCUT2D eigenvalue weighted by Crippen LogP contribution is -2.24. The number of pyridine rings is 2. The van der Waals surface area contributed by atoms with Crippen LogP contribution in [0.1, 0.15) is 11.4 Å². The SMILES string of the molecule is Nc1ccccc1N(Cc1ccccn1)Cc1ccccn1. The average molecular weight is 290 g/mol. The molecule has 110 valence electrons. The number of nitrogen functional groups attached to an aromatic ring is 1. The van der Waals surface area contributed by atoms with E-state index in [-0.39, 0.29) is 0 Å². The van der Waals surface area contributed by atoms with E-state index in [1.807, 2.05) is 73.1 Å². The molecule has 0 aliphatic heterocycles. The Labute approximate surface area is 130 Å². The van der Waals surface area contributed by atoms with Crippen LogP contribution in [-0.2, 0) is 13.1 Å². The highest BCUT2D eigenvalue weighted by Crippen LogP contribution is 2.25. The molecule has 1 aromatic carbocycles. The molecular formula is C18H18N4. The second-order valence-corrected chi connectivity index (χ2v) is 5.06. The quantitative estimate of drug-likeness (QED) is 0.733. The predicted octanol–water partition coefficient (Wildman–Crippen LogP) is 3.27. The summed E-state index contributed by atoms with van der Waals surface area (Å²) in [7, 11) is 0. The van der Waals surface area contributed by atoms with E-state index >= 15 is 0 Å². The molecule has 0 atom stereocenters. The lowest BCUT2D eigenvalue weighted by molar-refractivity contribution is 0.766. The van der Waals surface area contributed by atoms with E-state index in [1.54, 1.807) is 0 Å². The van der Waals surface area contributed by atoms with Gasteiger partial charge in [0.25, 0.3) is 0 Å². The number of para-hydroxylation sites is 2. The van der Waals surface area contributed by atoms with Crippen LogP contribution in [0.4, 0.5) is 11.4 Å². The molecule has 0 aliphatic rings. The molecule has 4 heteroatoms. The molecule has 0 fully saturated rings. The van der Waals surface area contributed by atoms with Gasteiger partial charge in [-0.15, -0.1) is 0 Å². The maximum absolute atomic E-state index is 6.15. The number of nitrogens with zero attached hydrogens (tertiary/aromatic N) is 3. The fourth-order valence-corrected chi connectivity index (χ4v) is 2.38. The van der Waals surface area contributed by atoms with Gasteiger partial charge in [0.2, 0.25) is 0 Å². The topological polar surface area (TPSA) is 55.0 Å². The summed E-state index contributed by atoms with van der Waals surface area (Å²) in [6.45, 7) is 1.37. The number of hydrogen-bond donors (Lipinski definition) is 1. The second-order valence-electron chi connectivity index (χ2n) is 5.06. The van der Waals surface area contributed by atoms with Crippen molar-refractivity contribution in [2.45, 2.75) is 13.1 Å². The highest BCUT2D eigenvalue weighted by molar-refractivity contribution is 5.67. The van der Waals surface area contributed by atoms with Gasteiger partial charge in [-0.05, 0) is 36.4 Å². The summed E-state index contributed by atoms with van der Waals surface area (Å²) in [5, 5.41) is 0. The van der Waals surface area contributed by atoms with Crippen LogP contribution in [0.2, 0.25) is 0 Å². The molecule has 0 saturated heterocycles. The van der Waals surface area contributed by atoms with E-state index in [4.69, 9.17) is 5.73 Å². The largest absolute Gasteiger partial charge is 0.397 e. The Balaban J connectivity index is 1.90. The minimum atomic E-state index is 0.686. The monoisotopic (exact) mass is 290 g/mol. The van der Waals surface area contributed by atoms with E-state index in [1.165, 1.54) is 0 Å². The first-order valence-electron chi connectivity index (χ1n) is 7.22. The standard InChI is InChI=1S/C18H18N4/c19-17-9-1-2-10-18(17)22(13-15-7-3-5-11-20-15)14-16-8-4-6-12-21-16/h1-12H,13-14,19H2. The first-order valence-corrected chi connectivity index (χ1v) is 7.22. The smallest absolute Gasteiger partial charge is 0.0607 e. The third kappa shape index (κ3) is 3.41. The summed E-state index contributed by atoms with van der Waals surface area (Å²) < 4.78 is 0. The lowest BCUT2D eigenvalue weighted by atomic mass is 10.2. The van der Waals surface area contributed by atoms with Crippen LogP contribution in [0.3, 0.4) is 0 Å². The molecule has 4 nitrogen and oxygen atoms in total. The Morgan fingerprint density at radius 2 is 1.27 bits per heavy atom. The van der Waals surface area contributed by atoms with Crippen LogP contribution in [0, 0.1) is 0 Å². The first-order chi connectivity index (χ1) is 10.8. The third-order valence-electron chi connectivity index (χ3n) is 3.44. The van der Waals surface area contributed by atoms with Crippen LogP contribution < -0.4 is 10.6 Å². The normalized spacial score (nSPS) is 10.4. The maximum Gasteiger partial charge on any atom is 0.0607 e. The zero-order valence-corrected chi connectivity index (χ0v) is 12.3. The van der Waals surface area contributed by atoms with E-state index in [0.717, 1.165) is 22.8 Å². The summed E-state index contributed by atoms with van der Waals surface area (Å²) in [6, 6.07) is 19.8. The maximum atomic E-state index is 6.15. The van der Waals surface area contributed by atoms with Crippen molar-refractivity contribution in [2.24, 2.45) is 0 Å². The molecule has 0 unspecified atom stereocenters. The molecule has 0 radical (unpaired) electrons. The molecule has 3 aromatic rings. The molecule has 0 bridgehead atoms. The Hall–Kier alpha value is -2.88. The van der Waals surface area contributed by atoms with Gasteiger partial charge < -0.3 is 10.6 Å². The molecule has 2 N–H and O–H groups in total. The average Bonchev–Trinajstić information content (AvgIpc) is 2.57. The van der Waals surface area contributed by atoms with Crippen LogP contribution in [0.15, 0.2) is 73.1 Å². The van der Waals surface area contributed by atoms with Gasteiger partial charge in [-0.3, -0.25) is 9.97 Å². The third-order valence-corrected chi connectivity index (χ3v) is 3.44. The van der Waals surface area contributed by atoms with Crippen LogP contribution in [0.25, 0.3) is 0 Å². The molecule has 22 heavy (non-hydrogen) atoms. The lowest BCUT2D eigenvalue weighted by Gasteiger charge is -2.25. The van der Waals surface area contributed by atoms with Gasteiger partial charge in [0, 0.05) is 12.4 Å². The number of anilines is 2. The molecule has 0 saturated carbocycles. The van der Waals surface area contributed by atoms with Crippen LogP contribution in [0.5, 0.6) is 0 Å². The number of hydrogen-bond acceptors (Lipinski definition) is 4. The predicted molar refractivity (Wildman–Crippen MR) is 89.2 cm³/mol. The number of rotatable bonds is 5. The Morgan fingerprint density at radius 1 is 0.727 bits per heavy atom. The van der Waals surface area contributed by atoms with Crippen molar-refractivity contribution >= 4 is 11.4 Å². The van der Waals surface area contributed by atoms with Crippen molar-refractivity contribution in [1.29, 1.82) is 0 Å². The van der Waals surface area contributed by atoms with E-state index in [2.05, 4.69) is 14.9 Å². The van der Waals surface area contributed by atoms with Gasteiger partial charge in [-0.25, -0.2) is 0 Å². The van der Waals surface area contributed by atoms with Gasteiger partial charge in [-0.1, -0.05) is 24.3 Å². The van der Waals surface area contributed by atoms with Crippen molar-refractivity contribution in [2.75, 3.05) is 10.6 Å². The zero-order chi connectivity index (χ0) is 15.2. The number of aromatic nitrogens is 2. The van der Waals surface area contributed by atoms with Crippen molar-refractivity contribution < 1.29 is 0 Å². The molecule has 0 aliphatic carbocycles. The Bertz CT molecular complexity index is 672. The summed E-state index contributed by atoms with van der Waals surface area (Å²) >= 11 is 0. The molecule has 0 amide bonds. The molecular weight excluding hydrogens is 272 g/mol. The van der Waals surface area contributed by atoms with Crippen molar-refractivity contribution in [3.8, 4) is 0 Å². The molecule has 3 rings (SSSR count). The van der Waals surface area contributed by atoms with Crippen LogP contribution in [-0.4, -0.2) is 9.97 Å². The van der Waals surface area contributed by atoms with Gasteiger partial charge in [-0.2, -0.15) is 0 Å². The Morgan fingerprint density at radius 3 is 1.77 bits per heavy atom. The molecule has 0 spiro atoms. The number of benzene rings is 1. The molecule has 2 aromatic heterocycles.